The molecule has 1 amide bonds. The van der Waals surface area contributed by atoms with Gasteiger partial charge < -0.3 is 19.1 Å². The summed E-state index contributed by atoms with van der Waals surface area (Å²) in [6, 6.07) is 17.7. The summed E-state index contributed by atoms with van der Waals surface area (Å²) in [5.41, 5.74) is 4.52. The molecule has 8 heteroatoms. The molecule has 3 aliphatic rings. The van der Waals surface area contributed by atoms with E-state index >= 15 is 0 Å². The van der Waals surface area contributed by atoms with E-state index in [0.29, 0.717) is 37.0 Å². The number of carbonyl (C=O) groups excluding carboxylic acids is 1. The molecule has 1 unspecified atom stereocenters. The van der Waals surface area contributed by atoms with E-state index in [1.54, 1.807) is 0 Å². The van der Waals surface area contributed by atoms with E-state index in [9.17, 15) is 4.79 Å². The lowest BCUT2D eigenvalue weighted by molar-refractivity contribution is -0.122. The lowest BCUT2D eigenvalue weighted by Gasteiger charge is -2.24. The van der Waals surface area contributed by atoms with Crippen LogP contribution in [0.1, 0.15) is 16.7 Å². The molecule has 0 bridgehead atoms. The van der Waals surface area contributed by atoms with E-state index in [-0.39, 0.29) is 12.5 Å². The van der Waals surface area contributed by atoms with Gasteiger partial charge in [-0.2, -0.15) is 8.75 Å². The Morgan fingerprint density at radius 2 is 1.69 bits per heavy atom. The normalized spacial score (nSPS) is 20.5. The number of hydrogen-bond donors (Lipinski definition) is 0. The number of aromatic nitrogens is 2. The highest BCUT2D eigenvalue weighted by Crippen LogP contribution is 2.55. The van der Waals surface area contributed by atoms with Gasteiger partial charge in [-0.05, 0) is 35.4 Å². The van der Waals surface area contributed by atoms with Crippen LogP contribution in [0.15, 0.2) is 54.6 Å². The fourth-order valence-electron chi connectivity index (χ4n) is 4.98. The van der Waals surface area contributed by atoms with Crippen LogP contribution in [0.3, 0.4) is 0 Å². The number of hydrogen-bond acceptors (Lipinski definition) is 7. The van der Waals surface area contributed by atoms with Crippen molar-refractivity contribution >= 4 is 34.4 Å². The molecule has 1 aromatic heterocycles. The number of anilines is 1. The molecule has 0 aliphatic carbocycles. The second-order valence-electron chi connectivity index (χ2n) is 8.18. The number of para-hydroxylation sites is 1. The first kappa shape index (κ1) is 18.0. The lowest BCUT2D eigenvalue weighted by atomic mass is 9.77. The number of ether oxygens (including phenoxy) is 3. The van der Waals surface area contributed by atoms with Crippen molar-refractivity contribution in [3.8, 4) is 17.2 Å². The average Bonchev–Trinajstić information content (AvgIpc) is 3.50. The van der Waals surface area contributed by atoms with Crippen LogP contribution in [-0.2, 0) is 16.8 Å². The summed E-state index contributed by atoms with van der Waals surface area (Å²) in [5.74, 6) is 2.00. The molecule has 32 heavy (non-hydrogen) atoms. The summed E-state index contributed by atoms with van der Waals surface area (Å²) >= 11 is 1.19. The third-order valence-corrected chi connectivity index (χ3v) is 7.03. The molecule has 4 aromatic rings. The van der Waals surface area contributed by atoms with Crippen LogP contribution in [0.5, 0.6) is 17.2 Å². The number of fused-ring (bicyclic) bond motifs is 6. The summed E-state index contributed by atoms with van der Waals surface area (Å²) in [4.78, 5) is 15.9. The number of rotatable bonds is 2. The number of carbonyl (C=O) groups is 1. The summed E-state index contributed by atoms with van der Waals surface area (Å²) in [6.45, 7) is 1.70. The van der Waals surface area contributed by atoms with Crippen LogP contribution in [0, 0.1) is 0 Å². The van der Waals surface area contributed by atoms with Crippen LogP contribution in [0.25, 0.3) is 11.0 Å². The predicted octanol–water partition coefficient (Wildman–Crippen LogP) is 3.69. The minimum atomic E-state index is -0.895. The highest BCUT2D eigenvalue weighted by atomic mass is 32.1. The largest absolute Gasteiger partial charge is 0.491 e. The van der Waals surface area contributed by atoms with Crippen molar-refractivity contribution in [2.45, 2.75) is 12.0 Å². The Morgan fingerprint density at radius 3 is 2.59 bits per heavy atom. The van der Waals surface area contributed by atoms with Gasteiger partial charge in [-0.25, -0.2) is 0 Å². The molecule has 3 aromatic carbocycles. The van der Waals surface area contributed by atoms with Crippen LogP contribution in [-0.4, -0.2) is 34.5 Å². The van der Waals surface area contributed by atoms with Crippen LogP contribution in [0.4, 0.5) is 5.69 Å². The van der Waals surface area contributed by atoms with Crippen molar-refractivity contribution in [1.82, 2.24) is 8.75 Å². The first-order valence-corrected chi connectivity index (χ1v) is 11.2. The molecule has 1 spiro atoms. The molecule has 0 fully saturated rings. The molecule has 7 nitrogen and oxygen atoms in total. The average molecular weight is 443 g/mol. The number of benzene rings is 3. The fraction of sp³-hybridized carbons (Fsp3) is 0.208. The molecule has 0 saturated carbocycles. The summed E-state index contributed by atoms with van der Waals surface area (Å²) < 4.78 is 26.2. The molecule has 3 aliphatic heterocycles. The zero-order chi connectivity index (χ0) is 21.3. The van der Waals surface area contributed by atoms with Crippen molar-refractivity contribution in [3.63, 3.8) is 0 Å². The summed E-state index contributed by atoms with van der Waals surface area (Å²) in [5, 5.41) is 0. The monoisotopic (exact) mass is 443 g/mol. The third kappa shape index (κ3) is 2.32. The van der Waals surface area contributed by atoms with Crippen molar-refractivity contribution in [2.24, 2.45) is 0 Å². The SMILES string of the molecule is O=C1N(Cc2ccc3nsnc3c2)c2ccccc2C12COc1cc3c(cc12)OCCO3. The molecule has 7 rings (SSSR count). The second-order valence-corrected chi connectivity index (χ2v) is 8.71. The molecular formula is C24H17N3O4S. The Bertz CT molecular complexity index is 1420. The summed E-state index contributed by atoms with van der Waals surface area (Å²) in [7, 11) is 0. The van der Waals surface area contributed by atoms with E-state index in [2.05, 4.69) is 8.75 Å². The van der Waals surface area contributed by atoms with E-state index < -0.39 is 5.41 Å². The highest BCUT2D eigenvalue weighted by Gasteiger charge is 2.57. The molecule has 4 heterocycles. The molecule has 158 valence electrons. The summed E-state index contributed by atoms with van der Waals surface area (Å²) in [6.07, 6.45) is 0. The molecule has 0 N–H and O–H groups in total. The first-order chi connectivity index (χ1) is 15.7. The van der Waals surface area contributed by atoms with Gasteiger partial charge in [-0.15, -0.1) is 0 Å². The lowest BCUT2D eigenvalue weighted by Crippen LogP contribution is -2.42. The van der Waals surface area contributed by atoms with Gasteiger partial charge in [0, 0.05) is 17.3 Å². The quantitative estimate of drug-likeness (QED) is 0.471. The standard InChI is InChI=1S/C24H17N3O4S/c28-23-24(13-31-20-11-22-21(10-16(20)24)29-7-8-30-22)15-3-1-2-4-19(15)27(23)12-14-5-6-17-18(9-14)26-32-25-17/h1-6,9-11H,7-8,12-13H2. The first-order valence-electron chi connectivity index (χ1n) is 10.4. The van der Waals surface area contributed by atoms with Crippen LogP contribution in [0.2, 0.25) is 0 Å². The van der Waals surface area contributed by atoms with E-state index in [4.69, 9.17) is 14.2 Å². The van der Waals surface area contributed by atoms with Gasteiger partial charge in [0.25, 0.3) is 0 Å². The minimum Gasteiger partial charge on any atom is -0.491 e. The Labute approximate surface area is 187 Å². The van der Waals surface area contributed by atoms with Gasteiger partial charge in [0.2, 0.25) is 5.91 Å². The fourth-order valence-corrected chi connectivity index (χ4v) is 5.49. The maximum Gasteiger partial charge on any atom is 0.246 e. The van der Waals surface area contributed by atoms with Crippen LogP contribution < -0.4 is 19.1 Å². The number of amides is 1. The molecule has 0 saturated heterocycles. The third-order valence-electron chi connectivity index (χ3n) is 6.47. The Kier molecular flexibility index (Phi) is 3.61. The zero-order valence-corrected chi connectivity index (χ0v) is 17.7. The molecule has 1 atom stereocenters. The topological polar surface area (TPSA) is 73.8 Å². The van der Waals surface area contributed by atoms with Gasteiger partial charge in [-0.1, -0.05) is 24.3 Å². The van der Waals surface area contributed by atoms with Crippen molar-refractivity contribution in [2.75, 3.05) is 24.7 Å². The smallest absolute Gasteiger partial charge is 0.246 e. The van der Waals surface area contributed by atoms with Crippen molar-refractivity contribution in [1.29, 1.82) is 0 Å². The van der Waals surface area contributed by atoms with Gasteiger partial charge in [-0.3, -0.25) is 4.79 Å². The highest BCUT2D eigenvalue weighted by molar-refractivity contribution is 7.00. The van der Waals surface area contributed by atoms with Gasteiger partial charge in [0.15, 0.2) is 11.5 Å². The van der Waals surface area contributed by atoms with E-state index in [1.807, 2.05) is 59.5 Å². The van der Waals surface area contributed by atoms with Crippen molar-refractivity contribution < 1.29 is 19.0 Å². The predicted molar refractivity (Wildman–Crippen MR) is 119 cm³/mol. The minimum absolute atomic E-state index is 0.00521. The Morgan fingerprint density at radius 1 is 0.875 bits per heavy atom. The van der Waals surface area contributed by atoms with E-state index in [0.717, 1.165) is 33.4 Å². The second kappa shape index (κ2) is 6.43. The van der Waals surface area contributed by atoms with Crippen molar-refractivity contribution in [3.05, 3.63) is 71.3 Å². The Balaban J connectivity index is 1.35. The molecule has 0 radical (unpaired) electrons. The van der Waals surface area contributed by atoms with Gasteiger partial charge in [0.1, 0.15) is 42.0 Å². The maximum absolute atomic E-state index is 14.1. The number of nitrogens with zero attached hydrogens (tertiary/aromatic N) is 3. The van der Waals surface area contributed by atoms with Gasteiger partial charge in [0.05, 0.1) is 18.3 Å². The van der Waals surface area contributed by atoms with Crippen LogP contribution >= 0.6 is 11.7 Å². The zero-order valence-electron chi connectivity index (χ0n) is 16.9. The maximum atomic E-state index is 14.1. The van der Waals surface area contributed by atoms with E-state index in [1.165, 1.54) is 11.7 Å². The molecular weight excluding hydrogens is 426 g/mol. The Hall–Kier alpha value is -3.65. The van der Waals surface area contributed by atoms with Gasteiger partial charge >= 0.3 is 0 Å².